The number of hydrazone groups is 1. The lowest BCUT2D eigenvalue weighted by atomic mass is 10.3. The van der Waals surface area contributed by atoms with Crippen molar-refractivity contribution in [2.45, 2.75) is 13.8 Å². The largest absolute Gasteiger partial charge is 0.411 e. The highest BCUT2D eigenvalue weighted by molar-refractivity contribution is 6.40. The van der Waals surface area contributed by atoms with Crippen LogP contribution in [-0.2, 0) is 4.79 Å². The second-order valence-electron chi connectivity index (χ2n) is 3.78. The van der Waals surface area contributed by atoms with Crippen LogP contribution in [0.3, 0.4) is 0 Å². The van der Waals surface area contributed by atoms with Crippen molar-refractivity contribution in [1.82, 2.24) is 5.43 Å². The fraction of sp³-hybridized carbons (Fsp3) is 0.250. The summed E-state index contributed by atoms with van der Waals surface area (Å²) in [7, 11) is 0. The molecule has 1 aromatic rings. The van der Waals surface area contributed by atoms with Crippen molar-refractivity contribution in [1.29, 1.82) is 0 Å². The molecule has 1 aromatic carbocycles. The van der Waals surface area contributed by atoms with Gasteiger partial charge in [0, 0.05) is 5.69 Å². The molecule has 0 spiro atoms. The van der Waals surface area contributed by atoms with E-state index in [-0.39, 0.29) is 18.3 Å². The van der Waals surface area contributed by atoms with Crippen LogP contribution >= 0.6 is 0 Å². The van der Waals surface area contributed by atoms with Crippen LogP contribution in [0.4, 0.5) is 10.1 Å². The van der Waals surface area contributed by atoms with Gasteiger partial charge >= 0.3 is 0 Å². The first-order chi connectivity index (χ1) is 9.02. The molecule has 1 amide bonds. The van der Waals surface area contributed by atoms with E-state index < -0.39 is 0 Å². The third-order valence-electron chi connectivity index (χ3n) is 2.32. The van der Waals surface area contributed by atoms with Gasteiger partial charge in [-0.1, -0.05) is 5.16 Å². The minimum Gasteiger partial charge on any atom is -0.411 e. The van der Waals surface area contributed by atoms with Crippen LogP contribution in [0.25, 0.3) is 0 Å². The number of carbonyl (C=O) groups excluding carboxylic acids is 1. The summed E-state index contributed by atoms with van der Waals surface area (Å²) in [5.74, 6) is -0.705. The first-order valence-corrected chi connectivity index (χ1v) is 5.54. The van der Waals surface area contributed by atoms with Gasteiger partial charge in [-0.05, 0) is 38.1 Å². The molecule has 0 bridgehead atoms. The van der Waals surface area contributed by atoms with E-state index in [1.807, 2.05) is 0 Å². The number of nitrogens with one attached hydrogen (secondary N) is 2. The SMILES string of the molecule is CC(=N\O)/C(C)=N/NC(=O)CNc1ccc(F)cc1. The Morgan fingerprint density at radius 2 is 1.89 bits per heavy atom. The van der Waals surface area contributed by atoms with E-state index in [9.17, 15) is 9.18 Å². The summed E-state index contributed by atoms with van der Waals surface area (Å²) in [6.07, 6.45) is 0. The summed E-state index contributed by atoms with van der Waals surface area (Å²) in [6, 6.07) is 5.65. The molecule has 0 saturated heterocycles. The molecule has 0 aromatic heterocycles. The number of anilines is 1. The molecule has 0 saturated carbocycles. The molecular formula is C12H15FN4O2. The van der Waals surface area contributed by atoms with Crippen LogP contribution in [0.2, 0.25) is 0 Å². The topological polar surface area (TPSA) is 86.1 Å². The van der Waals surface area contributed by atoms with Gasteiger partial charge in [0.1, 0.15) is 5.82 Å². The predicted molar refractivity (Wildman–Crippen MR) is 71.0 cm³/mol. The van der Waals surface area contributed by atoms with Crippen LogP contribution in [0, 0.1) is 5.82 Å². The van der Waals surface area contributed by atoms with Gasteiger partial charge in [-0.25, -0.2) is 9.82 Å². The molecule has 102 valence electrons. The molecular weight excluding hydrogens is 251 g/mol. The summed E-state index contributed by atoms with van der Waals surface area (Å²) in [5.41, 5.74) is 3.64. The summed E-state index contributed by atoms with van der Waals surface area (Å²) in [6.45, 7) is 3.15. The lowest BCUT2D eigenvalue weighted by molar-refractivity contribution is -0.119. The summed E-state index contributed by atoms with van der Waals surface area (Å²) < 4.78 is 12.6. The number of halogens is 1. The lowest BCUT2D eigenvalue weighted by Crippen LogP contribution is -2.27. The zero-order valence-corrected chi connectivity index (χ0v) is 10.6. The van der Waals surface area contributed by atoms with E-state index in [4.69, 9.17) is 5.21 Å². The van der Waals surface area contributed by atoms with E-state index in [0.717, 1.165) is 0 Å². The highest BCUT2D eigenvalue weighted by Gasteiger charge is 2.02. The molecule has 7 heteroatoms. The number of oxime groups is 1. The number of hydrogen-bond acceptors (Lipinski definition) is 5. The van der Waals surface area contributed by atoms with Gasteiger partial charge in [-0.2, -0.15) is 5.10 Å². The van der Waals surface area contributed by atoms with Crippen LogP contribution in [-0.4, -0.2) is 29.1 Å². The minimum absolute atomic E-state index is 0.00225. The normalized spacial score (nSPS) is 12.2. The Morgan fingerprint density at radius 3 is 2.47 bits per heavy atom. The number of benzene rings is 1. The molecule has 0 atom stereocenters. The lowest BCUT2D eigenvalue weighted by Gasteiger charge is -2.05. The number of carbonyl (C=O) groups is 1. The maximum atomic E-state index is 12.6. The number of rotatable bonds is 5. The van der Waals surface area contributed by atoms with Gasteiger partial charge in [0.15, 0.2) is 0 Å². The Kier molecular flexibility index (Phi) is 5.46. The zero-order chi connectivity index (χ0) is 14.3. The second kappa shape index (κ2) is 7.10. The van der Waals surface area contributed by atoms with E-state index in [1.165, 1.54) is 24.3 Å². The van der Waals surface area contributed by atoms with E-state index in [0.29, 0.717) is 17.1 Å². The van der Waals surface area contributed by atoms with E-state index >= 15 is 0 Å². The fourth-order valence-electron chi connectivity index (χ4n) is 1.09. The molecule has 6 nitrogen and oxygen atoms in total. The molecule has 1 rings (SSSR count). The monoisotopic (exact) mass is 266 g/mol. The molecule has 3 N–H and O–H groups in total. The van der Waals surface area contributed by atoms with Crippen molar-refractivity contribution in [2.75, 3.05) is 11.9 Å². The minimum atomic E-state index is -0.366. The maximum absolute atomic E-state index is 12.6. The summed E-state index contributed by atoms with van der Waals surface area (Å²) in [4.78, 5) is 11.4. The van der Waals surface area contributed by atoms with Gasteiger partial charge in [-0.15, -0.1) is 0 Å². The third kappa shape index (κ3) is 5.15. The second-order valence-corrected chi connectivity index (χ2v) is 3.78. The average molecular weight is 266 g/mol. The molecule has 0 aliphatic heterocycles. The van der Waals surface area contributed by atoms with Crippen LogP contribution in [0.5, 0.6) is 0 Å². The zero-order valence-electron chi connectivity index (χ0n) is 10.6. The number of hydrogen-bond donors (Lipinski definition) is 3. The standard InChI is InChI=1S/C12H15FN4O2/c1-8(9(2)17-19)15-16-12(18)7-14-11-5-3-10(13)4-6-11/h3-6,14,19H,7H2,1-2H3,(H,16,18)/b15-8+,17-9+. The smallest absolute Gasteiger partial charge is 0.259 e. The molecule has 0 heterocycles. The Bertz CT molecular complexity index is 497. The summed E-state index contributed by atoms with van der Waals surface area (Å²) >= 11 is 0. The molecule has 19 heavy (non-hydrogen) atoms. The predicted octanol–water partition coefficient (Wildman–Crippen LogP) is 1.58. The van der Waals surface area contributed by atoms with Gasteiger partial charge < -0.3 is 10.5 Å². The third-order valence-corrected chi connectivity index (χ3v) is 2.32. The van der Waals surface area contributed by atoms with Crippen LogP contribution < -0.4 is 10.7 Å². The van der Waals surface area contributed by atoms with Crippen molar-refractivity contribution in [3.8, 4) is 0 Å². The van der Waals surface area contributed by atoms with Crippen LogP contribution in [0.15, 0.2) is 34.5 Å². The highest BCUT2D eigenvalue weighted by atomic mass is 19.1. The Labute approximate surface area is 110 Å². The van der Waals surface area contributed by atoms with Gasteiger partial charge in [0.05, 0.1) is 18.0 Å². The van der Waals surface area contributed by atoms with E-state index in [1.54, 1.807) is 13.8 Å². The van der Waals surface area contributed by atoms with Gasteiger partial charge in [0.25, 0.3) is 5.91 Å². The van der Waals surface area contributed by atoms with Crippen molar-refractivity contribution >= 4 is 23.0 Å². The first-order valence-electron chi connectivity index (χ1n) is 5.54. The number of nitrogens with zero attached hydrogens (tertiary/aromatic N) is 2. The Morgan fingerprint density at radius 1 is 1.26 bits per heavy atom. The van der Waals surface area contributed by atoms with E-state index in [2.05, 4.69) is 21.0 Å². The molecule has 0 unspecified atom stereocenters. The van der Waals surface area contributed by atoms with Crippen molar-refractivity contribution in [3.63, 3.8) is 0 Å². The van der Waals surface area contributed by atoms with Gasteiger partial charge in [-0.3, -0.25) is 4.79 Å². The molecule has 0 aliphatic carbocycles. The quantitative estimate of drug-likeness (QED) is 0.429. The number of amides is 1. The highest BCUT2D eigenvalue weighted by Crippen LogP contribution is 2.07. The average Bonchev–Trinajstić information content (AvgIpc) is 2.43. The molecule has 0 radical (unpaired) electrons. The Hall–Kier alpha value is -2.44. The Balaban J connectivity index is 2.42. The fourth-order valence-corrected chi connectivity index (χ4v) is 1.09. The first kappa shape index (κ1) is 14.6. The molecule has 0 fully saturated rings. The van der Waals surface area contributed by atoms with Crippen molar-refractivity contribution in [3.05, 3.63) is 30.1 Å². The summed E-state index contributed by atoms with van der Waals surface area (Å²) in [5, 5.41) is 18.0. The maximum Gasteiger partial charge on any atom is 0.259 e. The molecule has 0 aliphatic rings. The van der Waals surface area contributed by atoms with Crippen LogP contribution in [0.1, 0.15) is 13.8 Å². The van der Waals surface area contributed by atoms with Crippen molar-refractivity contribution < 1.29 is 14.4 Å². The van der Waals surface area contributed by atoms with Crippen molar-refractivity contribution in [2.24, 2.45) is 10.3 Å². The van der Waals surface area contributed by atoms with Gasteiger partial charge in [0.2, 0.25) is 0 Å².